The molecule has 0 radical (unpaired) electrons. The lowest BCUT2D eigenvalue weighted by atomic mass is 10.5. The normalized spacial score (nSPS) is 19.1. The van der Waals surface area contributed by atoms with Gasteiger partial charge in [-0.05, 0) is 21.5 Å². The minimum atomic E-state index is -0.200. The summed E-state index contributed by atoms with van der Waals surface area (Å²) in [5.41, 5.74) is 0. The molecule has 0 amide bonds. The molecule has 0 aromatic rings. The van der Waals surface area contributed by atoms with E-state index in [-0.39, 0.29) is 6.17 Å². The number of nitrogens with zero attached hydrogens (tertiary/aromatic N) is 4. The van der Waals surface area contributed by atoms with E-state index in [1.807, 2.05) is 0 Å². The standard InChI is InChI=1S/C3H3BrN4/c4-2-1-3-5-7-8-6-3/h1-3H. The summed E-state index contributed by atoms with van der Waals surface area (Å²) in [6, 6.07) is 0. The Balaban J connectivity index is 2.49. The Bertz CT molecular complexity index is 137. The lowest BCUT2D eigenvalue weighted by Crippen LogP contribution is -1.86. The molecular weight excluding hydrogens is 172 g/mol. The van der Waals surface area contributed by atoms with Crippen molar-refractivity contribution in [3.63, 3.8) is 0 Å². The Hall–Kier alpha value is -0.580. The van der Waals surface area contributed by atoms with Crippen LogP contribution in [0, 0.1) is 0 Å². The molecule has 0 aromatic heterocycles. The first kappa shape index (κ1) is 5.55. The van der Waals surface area contributed by atoms with Gasteiger partial charge < -0.3 is 0 Å². The van der Waals surface area contributed by atoms with Crippen LogP contribution in [-0.4, -0.2) is 6.17 Å². The monoisotopic (exact) mass is 174 g/mol. The molecule has 0 fully saturated rings. The molecule has 0 unspecified atom stereocenters. The van der Waals surface area contributed by atoms with Crippen LogP contribution in [0.15, 0.2) is 31.7 Å². The average Bonchev–Trinajstić information content (AvgIpc) is 2.19. The van der Waals surface area contributed by atoms with Crippen molar-refractivity contribution in [1.29, 1.82) is 0 Å². The zero-order valence-corrected chi connectivity index (χ0v) is 5.48. The highest BCUT2D eigenvalue weighted by atomic mass is 79.9. The van der Waals surface area contributed by atoms with E-state index in [1.165, 1.54) is 0 Å². The van der Waals surface area contributed by atoms with Crippen molar-refractivity contribution in [2.75, 3.05) is 0 Å². The van der Waals surface area contributed by atoms with Gasteiger partial charge in [-0.1, -0.05) is 15.9 Å². The molecule has 1 heterocycles. The molecule has 5 heteroatoms. The van der Waals surface area contributed by atoms with E-state index in [0.29, 0.717) is 0 Å². The minimum absolute atomic E-state index is 0.200. The first-order chi connectivity index (χ1) is 3.93. The first-order valence-corrected chi connectivity index (χ1v) is 2.92. The van der Waals surface area contributed by atoms with Gasteiger partial charge in [0.2, 0.25) is 6.17 Å². The maximum Gasteiger partial charge on any atom is 0.204 e. The molecule has 0 saturated carbocycles. The van der Waals surface area contributed by atoms with E-state index in [0.717, 1.165) is 0 Å². The fourth-order valence-corrected chi connectivity index (χ4v) is 0.590. The first-order valence-electron chi connectivity index (χ1n) is 2.00. The fraction of sp³-hybridized carbons (Fsp3) is 0.333. The van der Waals surface area contributed by atoms with Gasteiger partial charge in [0.05, 0.1) is 0 Å². The van der Waals surface area contributed by atoms with E-state index >= 15 is 0 Å². The van der Waals surface area contributed by atoms with Gasteiger partial charge in [-0.3, -0.25) is 0 Å². The van der Waals surface area contributed by atoms with E-state index < -0.39 is 0 Å². The van der Waals surface area contributed by atoms with Gasteiger partial charge in [0.25, 0.3) is 0 Å². The van der Waals surface area contributed by atoms with Gasteiger partial charge in [0.15, 0.2) is 0 Å². The van der Waals surface area contributed by atoms with E-state index in [1.54, 1.807) is 11.1 Å². The third kappa shape index (κ3) is 1.19. The SMILES string of the molecule is BrC=CC1N=NN=N1. The molecule has 1 aliphatic rings. The van der Waals surface area contributed by atoms with Crippen molar-refractivity contribution in [2.45, 2.75) is 6.17 Å². The fourth-order valence-electron chi connectivity index (χ4n) is 0.317. The predicted octanol–water partition coefficient (Wildman–Crippen LogP) is 2.05. The van der Waals surface area contributed by atoms with Crippen LogP contribution >= 0.6 is 15.9 Å². The Morgan fingerprint density at radius 2 is 1.88 bits per heavy atom. The number of rotatable bonds is 1. The van der Waals surface area contributed by atoms with Gasteiger partial charge in [-0.25, -0.2) is 0 Å². The summed E-state index contributed by atoms with van der Waals surface area (Å²) in [5.74, 6) is 0. The van der Waals surface area contributed by atoms with Crippen LogP contribution in [0.4, 0.5) is 0 Å². The topological polar surface area (TPSA) is 49.4 Å². The van der Waals surface area contributed by atoms with E-state index in [9.17, 15) is 0 Å². The molecule has 0 bridgehead atoms. The molecule has 1 rings (SSSR count). The van der Waals surface area contributed by atoms with Gasteiger partial charge in [0, 0.05) is 0 Å². The summed E-state index contributed by atoms with van der Waals surface area (Å²) < 4.78 is 0. The summed E-state index contributed by atoms with van der Waals surface area (Å²) in [4.78, 5) is 1.68. The van der Waals surface area contributed by atoms with Crippen LogP contribution < -0.4 is 0 Å². The number of hydrogen-bond acceptors (Lipinski definition) is 4. The highest BCUT2D eigenvalue weighted by molar-refractivity contribution is 9.11. The van der Waals surface area contributed by atoms with Crippen LogP contribution in [0.25, 0.3) is 0 Å². The Morgan fingerprint density at radius 3 is 2.38 bits per heavy atom. The van der Waals surface area contributed by atoms with Gasteiger partial charge in [-0.2, -0.15) is 0 Å². The summed E-state index contributed by atoms with van der Waals surface area (Å²) in [6.07, 6.45) is 1.54. The van der Waals surface area contributed by atoms with Crippen molar-refractivity contribution in [1.82, 2.24) is 0 Å². The number of halogens is 1. The second-order valence-electron chi connectivity index (χ2n) is 1.14. The predicted molar refractivity (Wildman–Crippen MR) is 31.6 cm³/mol. The lowest BCUT2D eigenvalue weighted by molar-refractivity contribution is 0.864. The molecule has 0 atom stereocenters. The van der Waals surface area contributed by atoms with Gasteiger partial charge in [0.1, 0.15) is 0 Å². The van der Waals surface area contributed by atoms with Crippen LogP contribution in [0.3, 0.4) is 0 Å². The van der Waals surface area contributed by atoms with E-state index in [2.05, 4.69) is 36.6 Å². The third-order valence-electron chi connectivity index (χ3n) is 0.625. The summed E-state index contributed by atoms with van der Waals surface area (Å²) in [7, 11) is 0. The summed E-state index contributed by atoms with van der Waals surface area (Å²) in [5, 5.41) is 13.8. The Kier molecular flexibility index (Phi) is 1.85. The number of hydrogen-bond donors (Lipinski definition) is 0. The molecule has 0 saturated heterocycles. The molecule has 0 aliphatic carbocycles. The second-order valence-corrected chi connectivity index (χ2v) is 1.67. The molecular formula is C3H3BrN4. The van der Waals surface area contributed by atoms with Gasteiger partial charge in [-0.15, -0.1) is 10.2 Å². The Labute approximate surface area is 54.5 Å². The summed E-state index contributed by atoms with van der Waals surface area (Å²) in [6.45, 7) is 0. The van der Waals surface area contributed by atoms with Gasteiger partial charge >= 0.3 is 0 Å². The molecule has 42 valence electrons. The lowest BCUT2D eigenvalue weighted by Gasteiger charge is -1.83. The zero-order valence-electron chi connectivity index (χ0n) is 3.90. The average molecular weight is 175 g/mol. The maximum absolute atomic E-state index is 3.60. The molecule has 0 N–H and O–H groups in total. The molecule has 1 aliphatic heterocycles. The zero-order chi connectivity index (χ0) is 5.82. The van der Waals surface area contributed by atoms with Crippen molar-refractivity contribution in [2.24, 2.45) is 20.7 Å². The molecule has 0 spiro atoms. The van der Waals surface area contributed by atoms with Crippen molar-refractivity contribution >= 4 is 15.9 Å². The summed E-state index contributed by atoms with van der Waals surface area (Å²) >= 11 is 3.08. The smallest absolute Gasteiger partial charge is 0.134 e. The van der Waals surface area contributed by atoms with E-state index in [4.69, 9.17) is 0 Å². The van der Waals surface area contributed by atoms with Crippen LogP contribution in [-0.2, 0) is 0 Å². The van der Waals surface area contributed by atoms with Crippen molar-refractivity contribution in [3.05, 3.63) is 11.1 Å². The van der Waals surface area contributed by atoms with Crippen molar-refractivity contribution in [3.8, 4) is 0 Å². The largest absolute Gasteiger partial charge is 0.204 e. The van der Waals surface area contributed by atoms with Crippen LogP contribution in [0.1, 0.15) is 0 Å². The maximum atomic E-state index is 3.60. The highest BCUT2D eigenvalue weighted by Crippen LogP contribution is 2.05. The molecule has 0 aromatic carbocycles. The highest BCUT2D eigenvalue weighted by Gasteiger charge is 2.01. The second kappa shape index (κ2) is 2.66. The minimum Gasteiger partial charge on any atom is -0.134 e. The van der Waals surface area contributed by atoms with Crippen LogP contribution in [0.2, 0.25) is 0 Å². The quantitative estimate of drug-likeness (QED) is 0.585. The molecule has 4 nitrogen and oxygen atoms in total. The molecule has 8 heavy (non-hydrogen) atoms. The van der Waals surface area contributed by atoms with Crippen molar-refractivity contribution < 1.29 is 0 Å². The Morgan fingerprint density at radius 1 is 1.25 bits per heavy atom. The third-order valence-corrected chi connectivity index (χ3v) is 0.930. The van der Waals surface area contributed by atoms with Crippen LogP contribution in [0.5, 0.6) is 0 Å².